The van der Waals surface area contributed by atoms with E-state index in [9.17, 15) is 8.42 Å². The number of pyridine rings is 1. The van der Waals surface area contributed by atoms with E-state index in [1.165, 1.54) is 6.20 Å². The first-order chi connectivity index (χ1) is 13.1. The van der Waals surface area contributed by atoms with Crippen LogP contribution in [-0.2, 0) is 9.84 Å². The van der Waals surface area contributed by atoms with E-state index in [1.54, 1.807) is 30.3 Å². The molecular formula is C21H21N3O2S. The van der Waals surface area contributed by atoms with E-state index >= 15 is 0 Å². The number of anilines is 1. The third kappa shape index (κ3) is 2.80. The Bertz CT molecular complexity index is 1090. The number of nitrogens with zero attached hydrogens (tertiary/aromatic N) is 2. The largest absolute Gasteiger partial charge is 0.369 e. The molecule has 2 saturated heterocycles. The monoisotopic (exact) mass is 379 g/mol. The normalized spacial score (nSPS) is 22.3. The number of aromatic nitrogens is 1. The fourth-order valence-electron chi connectivity index (χ4n) is 4.31. The molecule has 2 fully saturated rings. The molecule has 3 aromatic rings. The van der Waals surface area contributed by atoms with Gasteiger partial charge in [0.05, 0.1) is 21.0 Å². The Morgan fingerprint density at radius 1 is 0.926 bits per heavy atom. The van der Waals surface area contributed by atoms with E-state index in [-0.39, 0.29) is 4.90 Å². The smallest absolute Gasteiger partial charge is 0.208 e. The minimum atomic E-state index is -3.56. The lowest BCUT2D eigenvalue weighted by molar-refractivity contribution is 0.533. The molecule has 0 aliphatic carbocycles. The van der Waals surface area contributed by atoms with Gasteiger partial charge in [-0.25, -0.2) is 8.42 Å². The highest BCUT2D eigenvalue weighted by Gasteiger charge is 2.36. The van der Waals surface area contributed by atoms with Crippen molar-refractivity contribution in [2.24, 2.45) is 11.8 Å². The molecule has 6 heteroatoms. The van der Waals surface area contributed by atoms with Gasteiger partial charge in [0.2, 0.25) is 9.84 Å². The molecule has 5 rings (SSSR count). The second-order valence-electron chi connectivity index (χ2n) is 7.42. The first-order valence-electron chi connectivity index (χ1n) is 9.27. The van der Waals surface area contributed by atoms with E-state index in [0.29, 0.717) is 16.7 Å². The molecule has 5 nitrogen and oxygen atoms in total. The van der Waals surface area contributed by atoms with Crippen LogP contribution in [0.3, 0.4) is 0 Å². The van der Waals surface area contributed by atoms with Crippen molar-refractivity contribution in [3.63, 3.8) is 0 Å². The van der Waals surface area contributed by atoms with Gasteiger partial charge in [-0.3, -0.25) is 4.98 Å². The number of para-hydroxylation sites is 1. The van der Waals surface area contributed by atoms with Crippen LogP contribution < -0.4 is 10.2 Å². The predicted molar refractivity (Wildman–Crippen MR) is 106 cm³/mol. The molecule has 0 amide bonds. The van der Waals surface area contributed by atoms with Crippen molar-refractivity contribution in [1.82, 2.24) is 10.3 Å². The summed E-state index contributed by atoms with van der Waals surface area (Å²) in [6.07, 6.45) is 1.49. The molecular weight excluding hydrogens is 358 g/mol. The molecule has 0 spiro atoms. The van der Waals surface area contributed by atoms with Gasteiger partial charge in [-0.2, -0.15) is 0 Å². The predicted octanol–water partition coefficient (Wildman–Crippen LogP) is 2.72. The zero-order chi connectivity index (χ0) is 18.4. The minimum Gasteiger partial charge on any atom is -0.369 e. The van der Waals surface area contributed by atoms with Crippen LogP contribution in [0.5, 0.6) is 0 Å². The third-order valence-electron chi connectivity index (χ3n) is 5.76. The molecule has 2 atom stereocenters. The number of fused-ring (bicyclic) bond motifs is 2. The van der Waals surface area contributed by atoms with Crippen molar-refractivity contribution in [1.29, 1.82) is 0 Å². The molecule has 0 bridgehead atoms. The average molecular weight is 379 g/mol. The Hall–Kier alpha value is -2.44. The summed E-state index contributed by atoms with van der Waals surface area (Å²) in [5.74, 6) is 1.39. The Labute approximate surface area is 159 Å². The molecule has 0 saturated carbocycles. The van der Waals surface area contributed by atoms with Crippen molar-refractivity contribution in [3.05, 3.63) is 60.8 Å². The van der Waals surface area contributed by atoms with Gasteiger partial charge in [0.15, 0.2) is 0 Å². The van der Waals surface area contributed by atoms with Crippen LogP contribution in [-0.4, -0.2) is 39.6 Å². The zero-order valence-corrected chi connectivity index (χ0v) is 15.7. The van der Waals surface area contributed by atoms with E-state index in [2.05, 4.69) is 21.3 Å². The van der Waals surface area contributed by atoms with Crippen LogP contribution in [0.4, 0.5) is 5.69 Å². The molecule has 2 aliphatic rings. The van der Waals surface area contributed by atoms with Gasteiger partial charge in [-0.1, -0.05) is 30.3 Å². The summed E-state index contributed by atoms with van der Waals surface area (Å²) in [7, 11) is -3.56. The van der Waals surface area contributed by atoms with Crippen LogP contribution in [0.15, 0.2) is 70.6 Å². The van der Waals surface area contributed by atoms with Gasteiger partial charge >= 0.3 is 0 Å². The first kappa shape index (κ1) is 16.7. The van der Waals surface area contributed by atoms with Crippen molar-refractivity contribution < 1.29 is 8.42 Å². The van der Waals surface area contributed by atoms with Gasteiger partial charge in [0.1, 0.15) is 0 Å². The summed E-state index contributed by atoms with van der Waals surface area (Å²) >= 11 is 0. The van der Waals surface area contributed by atoms with Gasteiger partial charge in [0, 0.05) is 37.8 Å². The van der Waals surface area contributed by atoms with Gasteiger partial charge in [0.25, 0.3) is 0 Å². The second kappa shape index (κ2) is 6.32. The van der Waals surface area contributed by atoms with Crippen LogP contribution in [0.1, 0.15) is 0 Å². The van der Waals surface area contributed by atoms with Crippen molar-refractivity contribution >= 4 is 26.4 Å². The van der Waals surface area contributed by atoms with Crippen molar-refractivity contribution in [3.8, 4) is 0 Å². The molecule has 3 heterocycles. The van der Waals surface area contributed by atoms with Crippen LogP contribution >= 0.6 is 0 Å². The molecule has 2 aliphatic heterocycles. The van der Waals surface area contributed by atoms with Crippen molar-refractivity contribution in [2.45, 2.75) is 9.79 Å². The fraction of sp³-hybridized carbons (Fsp3) is 0.286. The summed E-state index contributed by atoms with van der Waals surface area (Å²) in [5, 5.41) is 4.32. The molecule has 1 N–H and O–H groups in total. The maximum atomic E-state index is 12.9. The number of hydrogen-bond acceptors (Lipinski definition) is 5. The second-order valence-corrected chi connectivity index (χ2v) is 9.37. The van der Waals surface area contributed by atoms with Crippen LogP contribution in [0.25, 0.3) is 10.9 Å². The summed E-state index contributed by atoms with van der Waals surface area (Å²) in [5.41, 5.74) is 1.98. The SMILES string of the molecule is O=S(=O)(c1ccccc1)c1cnc2c(N3CC4CNCC4C3)cccc2c1. The summed E-state index contributed by atoms with van der Waals surface area (Å²) < 4.78 is 25.8. The molecule has 27 heavy (non-hydrogen) atoms. The summed E-state index contributed by atoms with van der Waals surface area (Å²) in [6, 6.07) is 16.3. The van der Waals surface area contributed by atoms with E-state index in [1.807, 2.05) is 18.2 Å². The molecule has 1 aromatic heterocycles. The topological polar surface area (TPSA) is 62.3 Å². The highest BCUT2D eigenvalue weighted by atomic mass is 32.2. The van der Waals surface area contributed by atoms with Crippen molar-refractivity contribution in [2.75, 3.05) is 31.1 Å². The standard InChI is InChI=1S/C21H21N3O2S/c25-27(26,18-6-2-1-3-7-18)19-9-15-5-4-8-20(21(15)23-12-19)24-13-16-10-22-11-17(16)14-24/h1-9,12,16-17,22H,10-11,13-14H2. The quantitative estimate of drug-likeness (QED) is 0.758. The number of benzene rings is 2. The Morgan fingerprint density at radius 2 is 1.67 bits per heavy atom. The first-order valence-corrected chi connectivity index (χ1v) is 10.8. The summed E-state index contributed by atoms with van der Waals surface area (Å²) in [6.45, 7) is 4.22. The van der Waals surface area contributed by atoms with Gasteiger partial charge < -0.3 is 10.2 Å². The number of sulfone groups is 1. The maximum Gasteiger partial charge on any atom is 0.208 e. The van der Waals surface area contributed by atoms with E-state index in [0.717, 1.165) is 42.8 Å². The van der Waals surface area contributed by atoms with Crippen LogP contribution in [0.2, 0.25) is 0 Å². The molecule has 0 radical (unpaired) electrons. The minimum absolute atomic E-state index is 0.237. The van der Waals surface area contributed by atoms with E-state index < -0.39 is 9.84 Å². The van der Waals surface area contributed by atoms with Crippen LogP contribution in [0, 0.1) is 11.8 Å². The highest BCUT2D eigenvalue weighted by Crippen LogP contribution is 2.34. The fourth-order valence-corrected chi connectivity index (χ4v) is 5.58. The van der Waals surface area contributed by atoms with E-state index in [4.69, 9.17) is 0 Å². The number of hydrogen-bond donors (Lipinski definition) is 1. The molecule has 138 valence electrons. The van der Waals surface area contributed by atoms with Gasteiger partial charge in [-0.15, -0.1) is 0 Å². The summed E-state index contributed by atoms with van der Waals surface area (Å²) in [4.78, 5) is 7.51. The molecule has 2 aromatic carbocycles. The lowest BCUT2D eigenvalue weighted by Crippen LogP contribution is -2.25. The maximum absolute atomic E-state index is 12.9. The third-order valence-corrected chi connectivity index (χ3v) is 7.50. The molecule has 2 unspecified atom stereocenters. The zero-order valence-electron chi connectivity index (χ0n) is 14.9. The lowest BCUT2D eigenvalue weighted by Gasteiger charge is -2.21. The number of rotatable bonds is 3. The average Bonchev–Trinajstić information content (AvgIpc) is 3.30. The van der Waals surface area contributed by atoms with Gasteiger partial charge in [-0.05, 0) is 36.1 Å². The lowest BCUT2D eigenvalue weighted by atomic mass is 10.0. The Kier molecular flexibility index (Phi) is 3.91. The Morgan fingerprint density at radius 3 is 2.41 bits per heavy atom. The highest BCUT2D eigenvalue weighted by molar-refractivity contribution is 7.91. The Balaban J connectivity index is 1.54. The number of nitrogens with one attached hydrogen (secondary N) is 1.